The van der Waals surface area contributed by atoms with E-state index < -0.39 is 36.1 Å². The molecule has 2 aliphatic rings. The fraction of sp³-hybridized carbons (Fsp3) is 0.538. The van der Waals surface area contributed by atoms with Crippen LogP contribution >= 0.6 is 11.8 Å². The van der Waals surface area contributed by atoms with Gasteiger partial charge in [-0.1, -0.05) is 0 Å². The Labute approximate surface area is 136 Å². The predicted molar refractivity (Wildman–Crippen MR) is 81.6 cm³/mol. The first-order chi connectivity index (χ1) is 10.9. The maximum absolute atomic E-state index is 11.9. The largest absolute Gasteiger partial charge is 0.477 e. The Morgan fingerprint density at radius 1 is 1.61 bits per heavy atom. The van der Waals surface area contributed by atoms with E-state index in [1.165, 1.54) is 18.7 Å². The van der Waals surface area contributed by atoms with Crippen LogP contribution in [-0.4, -0.2) is 63.9 Å². The zero-order chi connectivity index (χ0) is 17.1. The number of fused-ring (bicyclic) bond motifs is 1. The Bertz CT molecular complexity index is 588. The van der Waals surface area contributed by atoms with E-state index in [2.05, 4.69) is 9.73 Å². The van der Waals surface area contributed by atoms with Crippen molar-refractivity contribution >= 4 is 36.1 Å². The topological polar surface area (TPSA) is 143 Å². The van der Waals surface area contributed by atoms with E-state index in [1.54, 1.807) is 0 Å². The van der Waals surface area contributed by atoms with Crippen LogP contribution in [0.15, 0.2) is 15.6 Å². The summed E-state index contributed by atoms with van der Waals surface area (Å²) in [5, 5.41) is 19.2. The third-order valence-corrected chi connectivity index (χ3v) is 4.72. The molecule has 1 fully saturated rings. The maximum atomic E-state index is 11.9. The third kappa shape index (κ3) is 3.32. The van der Waals surface area contributed by atoms with Crippen LogP contribution in [0, 0.1) is 5.92 Å². The molecule has 3 atom stereocenters. The van der Waals surface area contributed by atoms with Crippen molar-refractivity contribution in [3.8, 4) is 0 Å². The van der Waals surface area contributed by atoms with Gasteiger partial charge in [0.1, 0.15) is 11.6 Å². The van der Waals surface area contributed by atoms with Gasteiger partial charge >= 0.3 is 18.0 Å². The number of hydrogen-bond donors (Lipinski definition) is 3. The zero-order valence-corrected chi connectivity index (χ0v) is 13.2. The molecule has 0 saturated carbocycles. The highest BCUT2D eigenvalue weighted by molar-refractivity contribution is 8.03. The number of carboxylic acid groups (broad SMARTS) is 1. The highest BCUT2D eigenvalue weighted by atomic mass is 32.2. The molecule has 2 heterocycles. The Morgan fingerprint density at radius 3 is 2.87 bits per heavy atom. The van der Waals surface area contributed by atoms with Gasteiger partial charge < -0.3 is 20.7 Å². The molecule has 0 aromatic rings. The number of carbonyl (C=O) groups is 3. The van der Waals surface area contributed by atoms with Crippen LogP contribution in [0.2, 0.25) is 0 Å². The van der Waals surface area contributed by atoms with Crippen LogP contribution in [0.4, 0.5) is 4.79 Å². The smallest absolute Gasteiger partial charge is 0.422 e. The SMILES string of the molecule is C[C@@H](O)[C@H]1C(=O)OC(=O)N2C(C(=O)O)=C(SCCN=CN)C[C@H]12. The molecule has 0 bridgehead atoms. The summed E-state index contributed by atoms with van der Waals surface area (Å²) in [4.78, 5) is 40.6. The van der Waals surface area contributed by atoms with Gasteiger partial charge in [0.2, 0.25) is 0 Å². The first kappa shape index (κ1) is 17.3. The second-order valence-corrected chi connectivity index (χ2v) is 6.27. The first-order valence-corrected chi connectivity index (χ1v) is 7.89. The van der Waals surface area contributed by atoms with Gasteiger partial charge in [0.25, 0.3) is 0 Å². The summed E-state index contributed by atoms with van der Waals surface area (Å²) in [6.45, 7) is 1.80. The van der Waals surface area contributed by atoms with Gasteiger partial charge in [0.05, 0.1) is 25.0 Å². The lowest BCUT2D eigenvalue weighted by Gasteiger charge is -2.35. The molecular weight excluding hydrogens is 326 g/mol. The van der Waals surface area contributed by atoms with Crippen molar-refractivity contribution in [3.05, 3.63) is 10.6 Å². The van der Waals surface area contributed by atoms with Gasteiger partial charge in [-0.15, -0.1) is 11.8 Å². The zero-order valence-electron chi connectivity index (χ0n) is 12.3. The minimum atomic E-state index is -1.28. The second-order valence-electron chi connectivity index (χ2n) is 5.08. The highest BCUT2D eigenvalue weighted by Gasteiger charge is 2.52. The minimum absolute atomic E-state index is 0.176. The van der Waals surface area contributed by atoms with E-state index in [0.717, 1.165) is 11.2 Å². The number of aliphatic hydroxyl groups excluding tert-OH is 1. The molecule has 9 nitrogen and oxygen atoms in total. The molecule has 0 aliphatic carbocycles. The fourth-order valence-electron chi connectivity index (χ4n) is 2.72. The number of amides is 1. The number of rotatable bonds is 6. The van der Waals surface area contributed by atoms with Crippen molar-refractivity contribution in [3.63, 3.8) is 0 Å². The van der Waals surface area contributed by atoms with Gasteiger partial charge in [-0.25, -0.2) is 9.59 Å². The lowest BCUT2D eigenvalue weighted by Crippen LogP contribution is -2.54. The lowest BCUT2D eigenvalue weighted by atomic mass is 9.91. The molecule has 0 aromatic carbocycles. The van der Waals surface area contributed by atoms with Gasteiger partial charge in [-0.3, -0.25) is 14.7 Å². The van der Waals surface area contributed by atoms with Crippen molar-refractivity contribution in [2.75, 3.05) is 12.3 Å². The Kier molecular flexibility index (Phi) is 5.26. The number of nitrogens with zero attached hydrogens (tertiary/aromatic N) is 2. The molecule has 1 saturated heterocycles. The minimum Gasteiger partial charge on any atom is -0.477 e. The van der Waals surface area contributed by atoms with E-state index in [4.69, 9.17) is 5.73 Å². The van der Waals surface area contributed by atoms with Crippen LogP contribution in [0.1, 0.15) is 13.3 Å². The number of aliphatic imine (C=N–C) groups is 1. The first-order valence-electron chi connectivity index (χ1n) is 6.90. The number of carboxylic acids is 1. The van der Waals surface area contributed by atoms with Crippen molar-refractivity contribution in [1.82, 2.24) is 4.90 Å². The molecule has 0 unspecified atom stereocenters. The van der Waals surface area contributed by atoms with E-state index in [-0.39, 0.29) is 12.1 Å². The van der Waals surface area contributed by atoms with E-state index in [1.807, 2.05) is 0 Å². The van der Waals surface area contributed by atoms with E-state index in [0.29, 0.717) is 17.2 Å². The predicted octanol–water partition coefficient (Wildman–Crippen LogP) is -0.249. The number of aliphatic hydroxyl groups is 1. The molecule has 0 spiro atoms. The van der Waals surface area contributed by atoms with Gasteiger partial charge in [0, 0.05) is 17.1 Å². The standard InChI is InChI=1S/C13H17N3O6S/c1-6(17)9-7-4-8(23-3-2-15-5-14)10(11(18)19)16(7)13(21)22-12(9)20/h5-7,9,17H,2-4H2,1H3,(H2,14,15)(H,18,19)/t6-,7-,9-/m1/s1. The monoisotopic (exact) mass is 343 g/mol. The van der Waals surface area contributed by atoms with Gasteiger partial charge in [-0.05, 0) is 6.92 Å². The summed E-state index contributed by atoms with van der Waals surface area (Å²) in [6.07, 6.45) is -0.756. The van der Waals surface area contributed by atoms with Gasteiger partial charge in [0.15, 0.2) is 0 Å². The van der Waals surface area contributed by atoms with Crippen LogP contribution in [0.3, 0.4) is 0 Å². The van der Waals surface area contributed by atoms with Crippen molar-refractivity contribution in [2.45, 2.75) is 25.5 Å². The Morgan fingerprint density at radius 2 is 2.30 bits per heavy atom. The number of hydrogen-bond acceptors (Lipinski definition) is 7. The number of nitrogens with two attached hydrogens (primary N) is 1. The summed E-state index contributed by atoms with van der Waals surface area (Å²) in [5.74, 6) is -2.63. The van der Waals surface area contributed by atoms with Gasteiger partial charge in [-0.2, -0.15) is 0 Å². The Hall–Kier alpha value is -2.07. The number of thioether (sulfide) groups is 1. The molecule has 10 heteroatoms. The summed E-state index contributed by atoms with van der Waals surface area (Å²) < 4.78 is 4.59. The maximum Gasteiger partial charge on any atom is 0.422 e. The number of cyclic esters (lactones) is 2. The molecule has 126 valence electrons. The molecular formula is C13H17N3O6S. The third-order valence-electron chi connectivity index (χ3n) is 3.63. The summed E-state index contributed by atoms with van der Waals surface area (Å²) >= 11 is 1.23. The fourth-order valence-corrected chi connectivity index (χ4v) is 3.77. The lowest BCUT2D eigenvalue weighted by molar-refractivity contribution is -0.155. The van der Waals surface area contributed by atoms with E-state index >= 15 is 0 Å². The molecule has 4 N–H and O–H groups in total. The average molecular weight is 343 g/mol. The van der Waals surface area contributed by atoms with Crippen LogP contribution in [-0.2, 0) is 14.3 Å². The summed E-state index contributed by atoms with van der Waals surface area (Å²) in [7, 11) is 0. The molecule has 2 rings (SSSR count). The quantitative estimate of drug-likeness (QED) is 0.197. The number of esters is 1. The van der Waals surface area contributed by atoms with Crippen LogP contribution in [0.25, 0.3) is 0 Å². The summed E-state index contributed by atoms with van der Waals surface area (Å²) in [5.41, 5.74) is 4.93. The molecule has 0 aromatic heterocycles. The Balaban J connectivity index is 2.28. The average Bonchev–Trinajstić information content (AvgIpc) is 2.82. The molecule has 2 aliphatic heterocycles. The van der Waals surface area contributed by atoms with Crippen molar-refractivity contribution in [1.29, 1.82) is 0 Å². The van der Waals surface area contributed by atoms with E-state index in [9.17, 15) is 24.6 Å². The molecule has 0 radical (unpaired) electrons. The number of ether oxygens (including phenoxy) is 1. The second kappa shape index (κ2) is 7.01. The van der Waals surface area contributed by atoms with Crippen LogP contribution < -0.4 is 5.73 Å². The number of aliphatic carboxylic acids is 1. The summed E-state index contributed by atoms with van der Waals surface area (Å²) in [6, 6.07) is -0.754. The van der Waals surface area contributed by atoms with Crippen molar-refractivity contribution < 1.29 is 29.3 Å². The molecule has 1 amide bonds. The highest BCUT2D eigenvalue weighted by Crippen LogP contribution is 2.42. The molecule has 23 heavy (non-hydrogen) atoms. The van der Waals surface area contributed by atoms with Crippen LogP contribution in [0.5, 0.6) is 0 Å². The number of carbonyl (C=O) groups excluding carboxylic acids is 2. The normalized spacial score (nSPS) is 25.7. The van der Waals surface area contributed by atoms with Crippen molar-refractivity contribution in [2.24, 2.45) is 16.6 Å².